The zero-order valence-electron chi connectivity index (χ0n) is 39.6. The zero-order valence-corrected chi connectivity index (χ0v) is 39.6. The molecule has 3 aromatic heterocycles. The summed E-state index contributed by atoms with van der Waals surface area (Å²) in [6.45, 7) is 8.00. The minimum atomic E-state index is -0.459. The van der Waals surface area contributed by atoms with E-state index in [1.165, 1.54) is 0 Å². The van der Waals surface area contributed by atoms with E-state index >= 15 is 0 Å². The summed E-state index contributed by atoms with van der Waals surface area (Å²) in [4.78, 5) is 66.9. The van der Waals surface area contributed by atoms with Gasteiger partial charge in [0.1, 0.15) is 18.0 Å². The third-order valence-corrected chi connectivity index (χ3v) is 15.8. The van der Waals surface area contributed by atoms with Gasteiger partial charge in [0, 0.05) is 82.5 Å². The van der Waals surface area contributed by atoms with E-state index in [9.17, 15) is 19.2 Å². The lowest BCUT2D eigenvalue weighted by molar-refractivity contribution is -0.134. The molecule has 4 amide bonds. The number of nitrogens with zero attached hydrogens (tertiary/aromatic N) is 9. The molecule has 2 bridgehead atoms. The number of piperidine rings is 2. The lowest BCUT2D eigenvalue weighted by Gasteiger charge is -2.38. The number of carbonyl (C=O) groups excluding carboxylic acids is 4. The molecule has 1 unspecified atom stereocenters. The van der Waals surface area contributed by atoms with Crippen molar-refractivity contribution in [2.75, 3.05) is 80.8 Å². The Hall–Kier alpha value is -6.39. The summed E-state index contributed by atoms with van der Waals surface area (Å²) in [5.41, 5.74) is 6.42. The molecule has 3 atom stereocenters. The number of hydrogen-bond donors (Lipinski definition) is 2. The summed E-state index contributed by atoms with van der Waals surface area (Å²) in [7, 11) is 1.86. The number of anilines is 3. The number of aromatic nitrogens is 5. The molecule has 18 nitrogen and oxygen atoms in total. The van der Waals surface area contributed by atoms with Gasteiger partial charge in [-0.15, -0.1) is 0 Å². The number of morpholine rings is 2. The van der Waals surface area contributed by atoms with Crippen LogP contribution in [0.2, 0.25) is 0 Å². The first-order valence-electron chi connectivity index (χ1n) is 25.2. The molecule has 6 fully saturated rings. The van der Waals surface area contributed by atoms with Gasteiger partial charge in [-0.2, -0.15) is 10.2 Å². The van der Waals surface area contributed by atoms with Gasteiger partial charge in [0.25, 0.3) is 11.8 Å². The fourth-order valence-corrected chi connectivity index (χ4v) is 12.1. The topological polar surface area (TPSA) is 181 Å². The van der Waals surface area contributed by atoms with E-state index in [0.717, 1.165) is 105 Å². The number of para-hydroxylation sites is 1. The van der Waals surface area contributed by atoms with Crippen molar-refractivity contribution in [1.29, 1.82) is 0 Å². The van der Waals surface area contributed by atoms with Gasteiger partial charge in [-0.25, -0.2) is 9.50 Å². The number of nitrogens with one attached hydrogen (secondary N) is 2. The van der Waals surface area contributed by atoms with Crippen LogP contribution in [0.15, 0.2) is 48.8 Å². The van der Waals surface area contributed by atoms with Gasteiger partial charge in [-0.3, -0.25) is 29.2 Å². The van der Waals surface area contributed by atoms with Crippen molar-refractivity contribution in [2.24, 2.45) is 13.0 Å². The summed E-state index contributed by atoms with van der Waals surface area (Å²) < 4.78 is 21.2. The maximum atomic E-state index is 14.3. The van der Waals surface area contributed by atoms with Gasteiger partial charge < -0.3 is 39.1 Å². The van der Waals surface area contributed by atoms with E-state index in [4.69, 9.17) is 19.2 Å². The summed E-state index contributed by atoms with van der Waals surface area (Å²) >= 11 is 0. The third-order valence-electron chi connectivity index (χ3n) is 15.8. The van der Waals surface area contributed by atoms with E-state index in [1.54, 1.807) is 15.4 Å². The van der Waals surface area contributed by atoms with Crippen molar-refractivity contribution >= 4 is 57.4 Å². The first-order valence-corrected chi connectivity index (χ1v) is 25.2. The molecule has 9 heterocycles. The second-order valence-electron chi connectivity index (χ2n) is 20.1. The smallest absolute Gasteiger partial charge is 0.261 e. The van der Waals surface area contributed by atoms with Crippen LogP contribution in [0.25, 0.3) is 16.6 Å². The average Bonchev–Trinajstić information content (AvgIpc) is 4.23. The van der Waals surface area contributed by atoms with Crippen LogP contribution < -0.4 is 20.4 Å². The lowest BCUT2D eigenvalue weighted by atomic mass is 9.84. The number of ether oxygens (including phenoxy) is 3. The fraction of sp³-hybridized carbons (Fsp3) is 0.519. The Morgan fingerprint density at radius 3 is 2.60 bits per heavy atom. The van der Waals surface area contributed by atoms with E-state index in [1.807, 2.05) is 43.6 Å². The molecule has 12 rings (SSSR count). The van der Waals surface area contributed by atoms with E-state index in [0.29, 0.717) is 99.0 Å². The highest BCUT2D eigenvalue weighted by molar-refractivity contribution is 6.11. The van der Waals surface area contributed by atoms with Gasteiger partial charge >= 0.3 is 0 Å². The molecule has 7 aliphatic rings. The van der Waals surface area contributed by atoms with Crippen LogP contribution in [0, 0.1) is 17.8 Å². The number of rotatable bonds is 10. The van der Waals surface area contributed by atoms with Crippen LogP contribution in [0.1, 0.15) is 101 Å². The quantitative estimate of drug-likeness (QED) is 0.150. The summed E-state index contributed by atoms with van der Waals surface area (Å²) in [6.07, 6.45) is 11.6. The predicted octanol–water partition coefficient (Wildman–Crippen LogP) is 4.25. The number of imide groups is 1. The standard InChI is InChI=1S/C52H59N11O7/c1-58-48-33(4-2-6-39(48)47(57-58)40-11-12-46(64)56-50(40)65)5-3-21-69-37-13-16-59(17-14-37)28-32-7-9-35(10-8-32)62-29-34-24-44(60-19-22-68-23-20-60)43(26-41(34)52(62)67)54-51(66)42-27-53-63-18-15-45(55-49(42)63)61-30-38-25-36(61)31-70-38/h2,4,6,15,18,24,26-27,32,35-38,40H,7-14,16-17,19-23,25,28-31H2,1H3,(H,54,66)(H,56,64,65)/t32?,35?,36-,38-,40?/m1/s1. The second kappa shape index (κ2) is 18.7. The Morgan fingerprint density at radius 2 is 1.81 bits per heavy atom. The molecule has 1 saturated carbocycles. The van der Waals surface area contributed by atoms with Crippen molar-refractivity contribution in [3.8, 4) is 11.8 Å². The van der Waals surface area contributed by atoms with Crippen LogP contribution in [-0.2, 0) is 37.4 Å². The van der Waals surface area contributed by atoms with Gasteiger partial charge in [0.15, 0.2) is 5.65 Å². The molecule has 1 aliphatic carbocycles. The monoisotopic (exact) mass is 949 g/mol. The second-order valence-corrected chi connectivity index (χ2v) is 20.1. The van der Waals surface area contributed by atoms with Crippen LogP contribution in [0.4, 0.5) is 17.2 Å². The number of hydrogen-bond acceptors (Lipinski definition) is 13. The molecule has 364 valence electrons. The van der Waals surface area contributed by atoms with Crippen LogP contribution in [-0.4, -0.2) is 148 Å². The third kappa shape index (κ3) is 8.56. The largest absolute Gasteiger partial charge is 0.378 e. The van der Waals surface area contributed by atoms with Crippen molar-refractivity contribution in [3.63, 3.8) is 0 Å². The SMILES string of the molecule is Cn1nc(C2CCC(=O)NC2=O)c2cccc(C#CCOC3CCN(CC4CCC(N5Cc6cc(N7CCOCC7)c(NC(=O)c7cnn8ccc(N9C[C@H]%10C[C@@H]9CO%10)nc78)cc6C5=O)CC4)CC3)c21. The Bertz CT molecular complexity index is 2930. The van der Waals surface area contributed by atoms with Gasteiger partial charge in [0.2, 0.25) is 11.8 Å². The maximum Gasteiger partial charge on any atom is 0.261 e. The Labute approximate surface area is 405 Å². The highest BCUT2D eigenvalue weighted by Gasteiger charge is 2.41. The highest BCUT2D eigenvalue weighted by Crippen LogP contribution is 2.40. The van der Waals surface area contributed by atoms with E-state index in [2.05, 4.69) is 58.3 Å². The minimum absolute atomic E-state index is 0.0355. The average molecular weight is 950 g/mol. The van der Waals surface area contributed by atoms with Crippen molar-refractivity contribution in [2.45, 2.75) is 94.5 Å². The minimum Gasteiger partial charge on any atom is -0.378 e. The number of likely N-dealkylation sites (tertiary alicyclic amines) is 1. The van der Waals surface area contributed by atoms with Crippen LogP contribution in [0.5, 0.6) is 0 Å². The van der Waals surface area contributed by atoms with Gasteiger partial charge in [-0.1, -0.05) is 24.0 Å². The summed E-state index contributed by atoms with van der Waals surface area (Å²) in [5, 5.41) is 15.7. The number of fused-ring (bicyclic) bond motifs is 5. The number of amides is 4. The number of carbonyl (C=O) groups is 4. The van der Waals surface area contributed by atoms with Gasteiger partial charge in [0.05, 0.1) is 78.3 Å². The maximum absolute atomic E-state index is 14.3. The Morgan fingerprint density at radius 1 is 0.971 bits per heavy atom. The predicted molar refractivity (Wildman–Crippen MR) is 260 cm³/mol. The fourth-order valence-electron chi connectivity index (χ4n) is 12.1. The molecule has 0 spiro atoms. The molecular weight excluding hydrogens is 891 g/mol. The van der Waals surface area contributed by atoms with Crippen molar-refractivity contribution in [1.82, 2.24) is 39.5 Å². The summed E-state index contributed by atoms with van der Waals surface area (Å²) in [5.74, 6) is 6.64. The highest BCUT2D eigenvalue weighted by atomic mass is 16.5. The van der Waals surface area contributed by atoms with Gasteiger partial charge in [-0.05, 0) is 87.1 Å². The van der Waals surface area contributed by atoms with Crippen LogP contribution >= 0.6 is 0 Å². The molecule has 5 aromatic rings. The summed E-state index contributed by atoms with van der Waals surface area (Å²) in [6, 6.07) is 12.3. The molecule has 6 aliphatic heterocycles. The lowest BCUT2D eigenvalue weighted by Crippen LogP contribution is -2.42. The van der Waals surface area contributed by atoms with E-state index in [-0.39, 0.29) is 41.9 Å². The molecular formula is C52H59N11O7. The van der Waals surface area contributed by atoms with E-state index < -0.39 is 5.92 Å². The number of benzene rings is 2. The van der Waals surface area contributed by atoms with Crippen molar-refractivity contribution in [3.05, 3.63) is 76.7 Å². The normalized spacial score (nSPS) is 25.2. The molecule has 0 radical (unpaired) electrons. The zero-order chi connectivity index (χ0) is 47.5. The number of aryl methyl sites for hydroxylation is 1. The van der Waals surface area contributed by atoms with Crippen molar-refractivity contribution < 1.29 is 33.4 Å². The molecule has 2 N–H and O–H groups in total. The first kappa shape index (κ1) is 44.8. The molecule has 18 heteroatoms. The Kier molecular flexibility index (Phi) is 12.0. The molecule has 2 aromatic carbocycles. The van der Waals surface area contributed by atoms with Crippen LogP contribution in [0.3, 0.4) is 0 Å². The first-order chi connectivity index (χ1) is 34.2. The molecule has 5 saturated heterocycles. The Balaban J connectivity index is 0.640. The molecule has 70 heavy (non-hydrogen) atoms.